The highest BCUT2D eigenvalue weighted by Gasteiger charge is 2.61. The molecule has 1 aliphatic heterocycles. The van der Waals surface area contributed by atoms with Gasteiger partial charge >= 0.3 is 0 Å². The molecule has 3 saturated carbocycles. The fraction of sp³-hybridized carbons (Fsp3) is 0.643. The van der Waals surface area contributed by atoms with Crippen LogP contribution in [0.2, 0.25) is 0 Å². The van der Waals surface area contributed by atoms with Crippen molar-refractivity contribution in [2.24, 2.45) is 34.5 Å². The van der Waals surface area contributed by atoms with Crippen molar-refractivity contribution in [3.63, 3.8) is 0 Å². The summed E-state index contributed by atoms with van der Waals surface area (Å²) in [6.45, 7) is 7.49. The molecule has 1 aromatic rings. The molecule has 4 aliphatic rings. The van der Waals surface area contributed by atoms with Gasteiger partial charge in [0.1, 0.15) is 0 Å². The molecule has 4 nitrogen and oxygen atoms in total. The van der Waals surface area contributed by atoms with E-state index in [1.807, 2.05) is 18.0 Å². The number of hydrogen-bond donors (Lipinski definition) is 1. The van der Waals surface area contributed by atoms with Gasteiger partial charge in [-0.1, -0.05) is 49.8 Å². The zero-order valence-corrected chi connectivity index (χ0v) is 20.1. The third kappa shape index (κ3) is 3.24. The number of hydrogen-bond acceptors (Lipinski definition) is 2. The number of fused-ring (bicyclic) bond motifs is 5. The van der Waals surface area contributed by atoms with Gasteiger partial charge in [-0.3, -0.25) is 9.59 Å². The second kappa shape index (κ2) is 7.74. The van der Waals surface area contributed by atoms with Gasteiger partial charge in [0, 0.05) is 31.0 Å². The molecule has 0 spiro atoms. The molecule has 0 aromatic heterocycles. The first-order chi connectivity index (χ1) is 15.2. The summed E-state index contributed by atoms with van der Waals surface area (Å²) in [6.07, 6.45) is 10.8. The van der Waals surface area contributed by atoms with Gasteiger partial charge in [-0.15, -0.1) is 0 Å². The van der Waals surface area contributed by atoms with Crippen LogP contribution in [0.5, 0.6) is 0 Å². The minimum atomic E-state index is 0.0681. The van der Waals surface area contributed by atoms with Crippen molar-refractivity contribution >= 4 is 11.8 Å². The van der Waals surface area contributed by atoms with Gasteiger partial charge in [-0.05, 0) is 80.3 Å². The fourth-order valence-electron chi connectivity index (χ4n) is 8.19. The van der Waals surface area contributed by atoms with Gasteiger partial charge in [-0.2, -0.15) is 0 Å². The summed E-state index contributed by atoms with van der Waals surface area (Å²) in [5.74, 6) is 2.41. The molecule has 3 fully saturated rings. The Morgan fingerprint density at radius 2 is 1.81 bits per heavy atom. The minimum absolute atomic E-state index is 0.0681. The number of amides is 2. The molecule has 2 amide bonds. The van der Waals surface area contributed by atoms with Crippen molar-refractivity contribution in [2.75, 3.05) is 7.05 Å². The fourth-order valence-corrected chi connectivity index (χ4v) is 8.19. The first kappa shape index (κ1) is 21.7. The van der Waals surface area contributed by atoms with Crippen molar-refractivity contribution in [2.45, 2.75) is 71.9 Å². The summed E-state index contributed by atoms with van der Waals surface area (Å²) in [5, 5.41) is 3.26. The minimum Gasteiger partial charge on any atom is -0.352 e. The van der Waals surface area contributed by atoms with Crippen LogP contribution in [-0.4, -0.2) is 29.8 Å². The van der Waals surface area contributed by atoms with Crippen molar-refractivity contribution in [3.8, 4) is 0 Å². The zero-order valence-electron chi connectivity index (χ0n) is 20.1. The van der Waals surface area contributed by atoms with Crippen LogP contribution in [0.15, 0.2) is 36.4 Å². The van der Waals surface area contributed by atoms with Crippen LogP contribution in [0.25, 0.3) is 0 Å². The number of nitrogens with one attached hydrogen (secondary N) is 1. The Balaban J connectivity index is 1.31. The second-order valence-corrected chi connectivity index (χ2v) is 11.5. The van der Waals surface area contributed by atoms with E-state index in [0.29, 0.717) is 30.3 Å². The predicted octanol–water partition coefficient (Wildman–Crippen LogP) is 4.87. The molecule has 1 aromatic carbocycles. The maximum atomic E-state index is 13.3. The van der Waals surface area contributed by atoms with E-state index >= 15 is 0 Å². The number of rotatable bonds is 3. The van der Waals surface area contributed by atoms with Gasteiger partial charge in [0.15, 0.2) is 0 Å². The van der Waals surface area contributed by atoms with Crippen LogP contribution in [0.3, 0.4) is 0 Å². The molecule has 4 heteroatoms. The Bertz CT molecular complexity index is 937. The predicted molar refractivity (Wildman–Crippen MR) is 127 cm³/mol. The van der Waals surface area contributed by atoms with E-state index in [1.165, 1.54) is 30.4 Å². The molecule has 2 unspecified atom stereocenters. The normalized spacial score (nSPS) is 40.4. The SMILES string of the molecule is Cc1ccc(CNC(=O)C2CC[C@H]3[C@@H]4CCC5N(C)C(=O)C=C[C@]5(C)[C@@H]4CC[C@]23C)cc1. The standard InChI is InChI=1S/C28H38N2O2/c1-18-5-7-19(8-6-18)17-29-26(32)23-11-10-21-20-9-12-24-28(3,16-14-25(31)30(24)4)22(20)13-15-27(21,23)2/h5-8,14,16,20-24H,9-13,15,17H2,1-4H3,(H,29,32)/t20-,21-,22+,23?,24?,27-,28+/m0/s1. The Hall–Kier alpha value is -2.10. The number of carbonyl (C=O) groups excluding carboxylic acids is 2. The molecule has 0 radical (unpaired) electrons. The molecular formula is C28H38N2O2. The number of nitrogens with zero attached hydrogens (tertiary/aromatic N) is 1. The smallest absolute Gasteiger partial charge is 0.246 e. The molecule has 32 heavy (non-hydrogen) atoms. The van der Waals surface area contributed by atoms with Crippen LogP contribution >= 0.6 is 0 Å². The number of likely N-dealkylation sites (N-methyl/N-ethyl adjacent to an activating group) is 1. The number of benzene rings is 1. The first-order valence-corrected chi connectivity index (χ1v) is 12.5. The molecule has 1 heterocycles. The van der Waals surface area contributed by atoms with Gasteiger partial charge in [0.2, 0.25) is 11.8 Å². The van der Waals surface area contributed by atoms with Crippen molar-refractivity contribution < 1.29 is 9.59 Å². The average Bonchev–Trinajstić information content (AvgIpc) is 3.13. The summed E-state index contributed by atoms with van der Waals surface area (Å²) in [7, 11) is 1.98. The van der Waals surface area contributed by atoms with Gasteiger partial charge in [0.25, 0.3) is 0 Å². The third-order valence-corrected chi connectivity index (χ3v) is 10.0. The van der Waals surface area contributed by atoms with E-state index in [4.69, 9.17) is 0 Å². The molecular weight excluding hydrogens is 396 g/mol. The number of carbonyl (C=O) groups is 2. The Morgan fingerprint density at radius 3 is 2.56 bits per heavy atom. The van der Waals surface area contributed by atoms with E-state index in [2.05, 4.69) is 56.4 Å². The lowest BCUT2D eigenvalue weighted by atomic mass is 9.47. The average molecular weight is 435 g/mol. The van der Waals surface area contributed by atoms with Crippen LogP contribution < -0.4 is 5.32 Å². The molecule has 7 atom stereocenters. The van der Waals surface area contributed by atoms with Gasteiger partial charge in [-0.25, -0.2) is 0 Å². The zero-order chi connectivity index (χ0) is 22.7. The molecule has 5 rings (SSSR count). The lowest BCUT2D eigenvalue weighted by molar-refractivity contribution is -0.142. The lowest BCUT2D eigenvalue weighted by Crippen LogP contribution is -2.59. The highest BCUT2D eigenvalue weighted by atomic mass is 16.2. The van der Waals surface area contributed by atoms with Crippen molar-refractivity contribution in [3.05, 3.63) is 47.5 Å². The van der Waals surface area contributed by atoms with Crippen molar-refractivity contribution in [1.82, 2.24) is 10.2 Å². The second-order valence-electron chi connectivity index (χ2n) is 11.5. The molecule has 172 valence electrons. The van der Waals surface area contributed by atoms with E-state index in [1.54, 1.807) is 0 Å². The first-order valence-electron chi connectivity index (χ1n) is 12.5. The summed E-state index contributed by atoms with van der Waals surface area (Å²) >= 11 is 0. The molecule has 1 N–H and O–H groups in total. The number of aryl methyl sites for hydroxylation is 1. The van der Waals surface area contributed by atoms with E-state index in [-0.39, 0.29) is 28.6 Å². The quantitative estimate of drug-likeness (QED) is 0.738. The largest absolute Gasteiger partial charge is 0.352 e. The summed E-state index contributed by atoms with van der Waals surface area (Å²) in [5.41, 5.74) is 2.58. The van der Waals surface area contributed by atoms with E-state index < -0.39 is 0 Å². The van der Waals surface area contributed by atoms with Gasteiger partial charge < -0.3 is 10.2 Å². The lowest BCUT2D eigenvalue weighted by Gasteiger charge is -2.60. The molecule has 0 saturated heterocycles. The summed E-state index contributed by atoms with van der Waals surface area (Å²) in [4.78, 5) is 27.6. The monoisotopic (exact) mass is 434 g/mol. The summed E-state index contributed by atoms with van der Waals surface area (Å²) < 4.78 is 0. The highest BCUT2D eigenvalue weighted by Crippen LogP contribution is 2.65. The van der Waals surface area contributed by atoms with Crippen molar-refractivity contribution in [1.29, 1.82) is 0 Å². The summed E-state index contributed by atoms with van der Waals surface area (Å²) in [6, 6.07) is 8.76. The van der Waals surface area contributed by atoms with Crippen LogP contribution in [0.1, 0.15) is 63.5 Å². The molecule has 0 bridgehead atoms. The van der Waals surface area contributed by atoms with E-state index in [9.17, 15) is 9.59 Å². The maximum absolute atomic E-state index is 13.3. The van der Waals surface area contributed by atoms with Crippen LogP contribution in [-0.2, 0) is 16.1 Å². The third-order valence-electron chi connectivity index (χ3n) is 10.0. The highest BCUT2D eigenvalue weighted by molar-refractivity contribution is 5.89. The maximum Gasteiger partial charge on any atom is 0.246 e. The van der Waals surface area contributed by atoms with E-state index in [0.717, 1.165) is 19.3 Å². The molecule has 3 aliphatic carbocycles. The van der Waals surface area contributed by atoms with Crippen LogP contribution in [0.4, 0.5) is 0 Å². The Labute approximate surface area is 192 Å². The Kier molecular flexibility index (Phi) is 5.26. The Morgan fingerprint density at radius 1 is 1.06 bits per heavy atom. The van der Waals surface area contributed by atoms with Crippen LogP contribution in [0, 0.1) is 41.4 Å². The van der Waals surface area contributed by atoms with Gasteiger partial charge in [0.05, 0.1) is 0 Å². The topological polar surface area (TPSA) is 49.4 Å².